The number of carbonyl (C=O) groups is 3. The molecule has 3 unspecified atom stereocenters. The zero-order valence-corrected chi connectivity index (χ0v) is 12.5. The van der Waals surface area contributed by atoms with E-state index in [9.17, 15) is 24.6 Å². The van der Waals surface area contributed by atoms with Gasteiger partial charge in [-0.2, -0.15) is 0 Å². The zero-order valence-electron chi connectivity index (χ0n) is 12.5. The number of hydrogen-bond donors (Lipinski definition) is 3. The summed E-state index contributed by atoms with van der Waals surface area (Å²) in [6.07, 6.45) is 5.14. The van der Waals surface area contributed by atoms with Crippen molar-refractivity contribution in [2.75, 3.05) is 0 Å². The first-order valence-corrected chi connectivity index (χ1v) is 7.07. The maximum absolute atomic E-state index is 12.6. The lowest BCUT2D eigenvalue weighted by Gasteiger charge is -2.32. The molecule has 1 amide bonds. The summed E-state index contributed by atoms with van der Waals surface area (Å²) in [6, 6.07) is 8.57. The summed E-state index contributed by atoms with van der Waals surface area (Å²) in [4.78, 5) is 35.8. The lowest BCUT2D eigenvalue weighted by Crippen LogP contribution is -2.53. The summed E-state index contributed by atoms with van der Waals surface area (Å²) >= 11 is 0. The van der Waals surface area contributed by atoms with E-state index in [1.165, 1.54) is 18.2 Å². The first-order valence-electron chi connectivity index (χ1n) is 7.07. The molecule has 0 saturated carbocycles. The third-order valence-electron chi connectivity index (χ3n) is 3.91. The molecular formula is C17H17NO5. The molecule has 6 nitrogen and oxygen atoms in total. The highest BCUT2D eigenvalue weighted by atomic mass is 16.4. The van der Waals surface area contributed by atoms with Crippen molar-refractivity contribution in [3.63, 3.8) is 0 Å². The number of aliphatic carboxylic acids is 2. The fourth-order valence-corrected chi connectivity index (χ4v) is 2.57. The summed E-state index contributed by atoms with van der Waals surface area (Å²) in [5.41, 5.74) is -1.37. The second kappa shape index (κ2) is 6.48. The SMILES string of the molecule is CC(NC(=O)C1(C(=O)O)C=CC=CC1C(=O)O)c1ccccc1. The maximum Gasteiger partial charge on any atom is 0.324 e. The minimum Gasteiger partial charge on any atom is -0.481 e. The van der Waals surface area contributed by atoms with E-state index in [1.54, 1.807) is 31.2 Å². The molecule has 1 aromatic rings. The molecule has 0 spiro atoms. The smallest absolute Gasteiger partial charge is 0.324 e. The van der Waals surface area contributed by atoms with E-state index in [1.807, 2.05) is 6.07 Å². The highest BCUT2D eigenvalue weighted by Gasteiger charge is 2.54. The summed E-state index contributed by atoms with van der Waals surface area (Å²) in [5, 5.41) is 21.5. The van der Waals surface area contributed by atoms with Crippen LogP contribution in [0.2, 0.25) is 0 Å². The fourth-order valence-electron chi connectivity index (χ4n) is 2.57. The van der Waals surface area contributed by atoms with E-state index in [4.69, 9.17) is 0 Å². The Morgan fingerprint density at radius 1 is 1.13 bits per heavy atom. The zero-order chi connectivity index (χ0) is 17.0. The van der Waals surface area contributed by atoms with Crippen LogP contribution in [0.4, 0.5) is 0 Å². The van der Waals surface area contributed by atoms with Crippen LogP contribution in [-0.4, -0.2) is 28.1 Å². The first kappa shape index (κ1) is 16.5. The molecule has 0 saturated heterocycles. The molecule has 1 aromatic carbocycles. The maximum atomic E-state index is 12.6. The van der Waals surface area contributed by atoms with Crippen molar-refractivity contribution in [2.45, 2.75) is 13.0 Å². The average Bonchev–Trinajstić information content (AvgIpc) is 2.55. The minimum absolute atomic E-state index is 0.450. The standard InChI is InChI=1S/C17H17NO5/c1-11(12-7-3-2-4-8-12)18-15(21)17(16(22)23)10-6-5-9-13(17)14(19)20/h2-11,13H,1H3,(H,18,21)(H,19,20)(H,22,23). The van der Waals surface area contributed by atoms with E-state index in [2.05, 4.69) is 5.32 Å². The molecule has 6 heteroatoms. The highest BCUT2D eigenvalue weighted by Crippen LogP contribution is 2.35. The molecule has 0 heterocycles. The van der Waals surface area contributed by atoms with Gasteiger partial charge in [0.2, 0.25) is 5.91 Å². The Kier molecular flexibility index (Phi) is 4.64. The Hall–Kier alpha value is -2.89. The minimum atomic E-state index is -2.16. The molecule has 23 heavy (non-hydrogen) atoms. The monoisotopic (exact) mass is 315 g/mol. The van der Waals surface area contributed by atoms with Crippen molar-refractivity contribution in [1.29, 1.82) is 0 Å². The number of amides is 1. The van der Waals surface area contributed by atoms with E-state index < -0.39 is 35.2 Å². The van der Waals surface area contributed by atoms with E-state index in [0.717, 1.165) is 11.6 Å². The Morgan fingerprint density at radius 2 is 1.78 bits per heavy atom. The Labute approximate surface area is 133 Å². The van der Waals surface area contributed by atoms with Gasteiger partial charge in [0.1, 0.15) is 5.92 Å². The van der Waals surface area contributed by atoms with Crippen molar-refractivity contribution in [1.82, 2.24) is 5.32 Å². The molecule has 0 bridgehead atoms. The van der Waals surface area contributed by atoms with Crippen LogP contribution in [0.3, 0.4) is 0 Å². The van der Waals surface area contributed by atoms with Gasteiger partial charge in [-0.1, -0.05) is 54.6 Å². The van der Waals surface area contributed by atoms with Crippen LogP contribution in [0.25, 0.3) is 0 Å². The van der Waals surface area contributed by atoms with Crippen molar-refractivity contribution in [2.24, 2.45) is 11.3 Å². The second-order valence-corrected chi connectivity index (χ2v) is 5.34. The van der Waals surface area contributed by atoms with Gasteiger partial charge in [0.15, 0.2) is 5.41 Å². The van der Waals surface area contributed by atoms with Crippen molar-refractivity contribution >= 4 is 17.8 Å². The lowest BCUT2D eigenvalue weighted by atomic mass is 9.71. The highest BCUT2D eigenvalue weighted by molar-refractivity contribution is 6.08. The Morgan fingerprint density at radius 3 is 2.35 bits per heavy atom. The molecule has 3 atom stereocenters. The summed E-state index contributed by atoms with van der Waals surface area (Å²) in [7, 11) is 0. The van der Waals surface area contributed by atoms with Crippen LogP contribution < -0.4 is 5.32 Å². The van der Waals surface area contributed by atoms with Gasteiger partial charge >= 0.3 is 11.9 Å². The number of carboxylic acid groups (broad SMARTS) is 2. The van der Waals surface area contributed by atoms with Gasteiger partial charge in [0.25, 0.3) is 0 Å². The van der Waals surface area contributed by atoms with E-state index >= 15 is 0 Å². The number of hydrogen-bond acceptors (Lipinski definition) is 3. The molecule has 3 N–H and O–H groups in total. The van der Waals surface area contributed by atoms with Crippen LogP contribution in [0.15, 0.2) is 54.6 Å². The van der Waals surface area contributed by atoms with Crippen molar-refractivity contribution in [3.8, 4) is 0 Å². The van der Waals surface area contributed by atoms with Gasteiger partial charge in [-0.3, -0.25) is 14.4 Å². The Balaban J connectivity index is 2.32. The van der Waals surface area contributed by atoms with Gasteiger partial charge in [-0.25, -0.2) is 0 Å². The average molecular weight is 315 g/mol. The third kappa shape index (κ3) is 3.01. The molecule has 0 fully saturated rings. The van der Waals surface area contributed by atoms with Crippen LogP contribution in [0, 0.1) is 11.3 Å². The largest absolute Gasteiger partial charge is 0.481 e. The van der Waals surface area contributed by atoms with Crippen LogP contribution in [-0.2, 0) is 14.4 Å². The molecular weight excluding hydrogens is 298 g/mol. The molecule has 0 aliphatic heterocycles. The van der Waals surface area contributed by atoms with Crippen LogP contribution in [0.1, 0.15) is 18.5 Å². The molecule has 120 valence electrons. The summed E-state index contributed by atoms with van der Waals surface area (Å²) in [5.74, 6) is -5.18. The topological polar surface area (TPSA) is 104 Å². The summed E-state index contributed by atoms with van der Waals surface area (Å²) in [6.45, 7) is 1.71. The number of carboxylic acids is 2. The van der Waals surface area contributed by atoms with Gasteiger partial charge in [0, 0.05) is 0 Å². The molecule has 0 aromatic heterocycles. The van der Waals surface area contributed by atoms with E-state index in [-0.39, 0.29) is 0 Å². The fraction of sp³-hybridized carbons (Fsp3) is 0.235. The molecule has 2 rings (SSSR count). The summed E-state index contributed by atoms with van der Waals surface area (Å²) < 4.78 is 0. The van der Waals surface area contributed by atoms with Gasteiger partial charge in [0.05, 0.1) is 6.04 Å². The normalized spacial score (nSPS) is 24.0. The van der Waals surface area contributed by atoms with Gasteiger partial charge in [-0.05, 0) is 12.5 Å². The van der Waals surface area contributed by atoms with Gasteiger partial charge in [-0.15, -0.1) is 0 Å². The predicted octanol–water partition coefficient (Wildman–Crippen LogP) is 1.76. The Bertz CT molecular complexity index is 679. The third-order valence-corrected chi connectivity index (χ3v) is 3.91. The van der Waals surface area contributed by atoms with Crippen LogP contribution in [0.5, 0.6) is 0 Å². The number of nitrogens with one attached hydrogen (secondary N) is 1. The number of rotatable bonds is 5. The predicted molar refractivity (Wildman–Crippen MR) is 82.5 cm³/mol. The van der Waals surface area contributed by atoms with Crippen LogP contribution >= 0.6 is 0 Å². The molecule has 0 radical (unpaired) electrons. The lowest BCUT2D eigenvalue weighted by molar-refractivity contribution is -0.162. The number of benzene rings is 1. The van der Waals surface area contributed by atoms with Gasteiger partial charge < -0.3 is 15.5 Å². The molecule has 1 aliphatic carbocycles. The number of carbonyl (C=O) groups excluding carboxylic acids is 1. The van der Waals surface area contributed by atoms with Crippen molar-refractivity contribution < 1.29 is 24.6 Å². The quantitative estimate of drug-likeness (QED) is 0.718. The number of allylic oxidation sites excluding steroid dienone is 2. The van der Waals surface area contributed by atoms with E-state index in [0.29, 0.717) is 0 Å². The first-order chi connectivity index (χ1) is 10.9. The second-order valence-electron chi connectivity index (χ2n) is 5.34. The molecule has 1 aliphatic rings. The van der Waals surface area contributed by atoms with Crippen molar-refractivity contribution in [3.05, 3.63) is 60.2 Å².